The van der Waals surface area contributed by atoms with Crippen molar-refractivity contribution in [1.29, 1.82) is 0 Å². The van der Waals surface area contributed by atoms with Crippen LogP contribution in [0.4, 0.5) is 4.79 Å². The van der Waals surface area contributed by atoms with E-state index in [-0.39, 0.29) is 6.54 Å². The Morgan fingerprint density at radius 3 is 2.00 bits per heavy atom. The second-order valence-corrected chi connectivity index (χ2v) is 6.86. The molecule has 0 bridgehead atoms. The van der Waals surface area contributed by atoms with E-state index in [0.717, 1.165) is 10.5 Å². The van der Waals surface area contributed by atoms with Gasteiger partial charge in [-0.3, -0.25) is 14.5 Å². The number of carbonyl (C=O) groups excluding carboxylic acids is 2. The molecule has 1 unspecified atom stereocenters. The Morgan fingerprint density at radius 2 is 1.50 bits per heavy atom. The molecule has 0 aliphatic carbocycles. The van der Waals surface area contributed by atoms with E-state index in [9.17, 15) is 19.5 Å². The summed E-state index contributed by atoms with van der Waals surface area (Å²) in [4.78, 5) is 37.7. The summed E-state index contributed by atoms with van der Waals surface area (Å²) in [6.07, 6.45) is -1.20. The SMILES string of the molecule is CC(C)(c1ccccc1)C(CN1C(=O)c2ccccc2C1=O)NC(=O)O. The summed E-state index contributed by atoms with van der Waals surface area (Å²) in [5, 5.41) is 11.8. The molecule has 134 valence electrons. The minimum absolute atomic E-state index is 0.0411. The number of nitrogens with one attached hydrogen (secondary N) is 1. The van der Waals surface area contributed by atoms with Crippen molar-refractivity contribution in [3.63, 3.8) is 0 Å². The number of nitrogens with zero attached hydrogens (tertiary/aromatic N) is 1. The molecule has 0 spiro atoms. The lowest BCUT2D eigenvalue weighted by atomic mass is 9.77. The average Bonchev–Trinajstić information content (AvgIpc) is 2.87. The first-order valence-corrected chi connectivity index (χ1v) is 8.32. The molecule has 0 aromatic heterocycles. The first kappa shape index (κ1) is 17.7. The number of rotatable bonds is 5. The molecular weight excluding hydrogens is 332 g/mol. The summed E-state index contributed by atoms with van der Waals surface area (Å²) in [5.41, 5.74) is 0.984. The van der Waals surface area contributed by atoms with E-state index in [1.54, 1.807) is 24.3 Å². The summed E-state index contributed by atoms with van der Waals surface area (Å²) in [7, 11) is 0. The minimum atomic E-state index is -1.20. The Morgan fingerprint density at radius 1 is 1.00 bits per heavy atom. The monoisotopic (exact) mass is 352 g/mol. The summed E-state index contributed by atoms with van der Waals surface area (Å²) in [6.45, 7) is 3.74. The van der Waals surface area contributed by atoms with E-state index in [0.29, 0.717) is 11.1 Å². The van der Waals surface area contributed by atoms with Gasteiger partial charge in [-0.2, -0.15) is 0 Å². The third kappa shape index (κ3) is 3.06. The predicted molar refractivity (Wildman–Crippen MR) is 96.2 cm³/mol. The van der Waals surface area contributed by atoms with Crippen molar-refractivity contribution in [3.05, 3.63) is 71.3 Å². The van der Waals surface area contributed by atoms with Crippen LogP contribution in [0.3, 0.4) is 0 Å². The van der Waals surface area contributed by atoms with Crippen molar-refractivity contribution in [3.8, 4) is 0 Å². The minimum Gasteiger partial charge on any atom is -0.465 e. The zero-order valence-corrected chi connectivity index (χ0v) is 14.6. The van der Waals surface area contributed by atoms with Crippen LogP contribution in [-0.4, -0.2) is 40.5 Å². The maximum atomic E-state index is 12.6. The number of carbonyl (C=O) groups is 3. The van der Waals surface area contributed by atoms with Crippen LogP contribution in [0.25, 0.3) is 0 Å². The first-order valence-electron chi connectivity index (χ1n) is 8.32. The molecule has 1 heterocycles. The molecule has 3 amide bonds. The van der Waals surface area contributed by atoms with Crippen LogP contribution in [0.15, 0.2) is 54.6 Å². The van der Waals surface area contributed by atoms with Crippen LogP contribution in [-0.2, 0) is 5.41 Å². The van der Waals surface area contributed by atoms with Crippen molar-refractivity contribution < 1.29 is 19.5 Å². The Balaban J connectivity index is 1.92. The van der Waals surface area contributed by atoms with Gasteiger partial charge in [-0.25, -0.2) is 4.79 Å². The number of fused-ring (bicyclic) bond motifs is 1. The molecule has 6 heteroatoms. The molecule has 2 N–H and O–H groups in total. The molecule has 2 aromatic carbocycles. The smallest absolute Gasteiger partial charge is 0.404 e. The number of imide groups is 1. The van der Waals surface area contributed by atoms with Gasteiger partial charge in [-0.05, 0) is 17.7 Å². The van der Waals surface area contributed by atoms with Crippen molar-refractivity contribution in [2.45, 2.75) is 25.3 Å². The summed E-state index contributed by atoms with van der Waals surface area (Å²) in [5.74, 6) is -0.793. The first-order chi connectivity index (χ1) is 12.3. The van der Waals surface area contributed by atoms with Crippen molar-refractivity contribution in [1.82, 2.24) is 10.2 Å². The second kappa shape index (κ2) is 6.63. The highest BCUT2D eigenvalue weighted by molar-refractivity contribution is 6.21. The van der Waals surface area contributed by atoms with Gasteiger partial charge in [0.1, 0.15) is 0 Å². The normalized spacial score (nSPS) is 14.9. The van der Waals surface area contributed by atoms with E-state index in [2.05, 4.69) is 5.32 Å². The molecule has 2 aromatic rings. The average molecular weight is 352 g/mol. The molecule has 0 saturated heterocycles. The van der Waals surface area contributed by atoms with Gasteiger partial charge < -0.3 is 10.4 Å². The van der Waals surface area contributed by atoms with Gasteiger partial charge in [0.25, 0.3) is 11.8 Å². The summed E-state index contributed by atoms with van der Waals surface area (Å²) in [6, 6.07) is 15.4. The topological polar surface area (TPSA) is 86.7 Å². The lowest BCUT2D eigenvalue weighted by molar-refractivity contribution is 0.0620. The van der Waals surface area contributed by atoms with Crippen LogP contribution >= 0.6 is 0 Å². The number of amides is 3. The Kier molecular flexibility index (Phi) is 4.50. The van der Waals surface area contributed by atoms with Crippen LogP contribution < -0.4 is 5.32 Å². The summed E-state index contributed by atoms with van der Waals surface area (Å²) >= 11 is 0. The third-order valence-corrected chi connectivity index (χ3v) is 4.93. The van der Waals surface area contributed by atoms with Crippen molar-refractivity contribution in [2.24, 2.45) is 0 Å². The van der Waals surface area contributed by atoms with E-state index in [4.69, 9.17) is 0 Å². The molecule has 0 saturated carbocycles. The predicted octanol–water partition coefficient (Wildman–Crippen LogP) is 2.90. The highest BCUT2D eigenvalue weighted by atomic mass is 16.4. The second-order valence-electron chi connectivity index (χ2n) is 6.86. The zero-order valence-electron chi connectivity index (χ0n) is 14.6. The number of hydrogen-bond acceptors (Lipinski definition) is 3. The van der Waals surface area contributed by atoms with Crippen LogP contribution in [0.1, 0.15) is 40.1 Å². The Labute approximate surface area is 151 Å². The zero-order chi connectivity index (χ0) is 18.9. The maximum Gasteiger partial charge on any atom is 0.404 e. The van der Waals surface area contributed by atoms with E-state index >= 15 is 0 Å². The standard InChI is InChI=1S/C20H20N2O4/c1-20(2,13-8-4-3-5-9-13)16(21-19(25)26)12-22-17(23)14-10-6-7-11-15(14)18(22)24/h3-11,16,21H,12H2,1-2H3,(H,25,26). The van der Waals surface area contributed by atoms with Gasteiger partial charge in [-0.1, -0.05) is 56.3 Å². The molecule has 0 radical (unpaired) electrons. The van der Waals surface area contributed by atoms with Gasteiger partial charge >= 0.3 is 6.09 Å². The highest BCUT2D eigenvalue weighted by Crippen LogP contribution is 2.30. The fourth-order valence-electron chi connectivity index (χ4n) is 3.26. The number of carboxylic acid groups (broad SMARTS) is 1. The molecule has 1 atom stereocenters. The van der Waals surface area contributed by atoms with E-state index < -0.39 is 29.4 Å². The Bertz CT molecular complexity index is 826. The van der Waals surface area contributed by atoms with Gasteiger partial charge in [0.05, 0.1) is 23.7 Å². The van der Waals surface area contributed by atoms with Gasteiger partial charge in [-0.15, -0.1) is 0 Å². The molecule has 0 fully saturated rings. The lowest BCUT2D eigenvalue weighted by Gasteiger charge is -2.36. The number of benzene rings is 2. The summed E-state index contributed by atoms with van der Waals surface area (Å²) < 4.78 is 0. The van der Waals surface area contributed by atoms with Gasteiger partial charge in [0, 0.05) is 5.41 Å². The largest absolute Gasteiger partial charge is 0.465 e. The lowest BCUT2D eigenvalue weighted by Crippen LogP contribution is -2.54. The fourth-order valence-corrected chi connectivity index (χ4v) is 3.26. The third-order valence-electron chi connectivity index (χ3n) is 4.93. The van der Waals surface area contributed by atoms with Gasteiger partial charge in [0.15, 0.2) is 0 Å². The maximum absolute atomic E-state index is 12.6. The van der Waals surface area contributed by atoms with Crippen LogP contribution in [0.5, 0.6) is 0 Å². The molecule has 1 aliphatic rings. The van der Waals surface area contributed by atoms with Crippen molar-refractivity contribution >= 4 is 17.9 Å². The van der Waals surface area contributed by atoms with Gasteiger partial charge in [0.2, 0.25) is 0 Å². The Hall–Kier alpha value is -3.15. The van der Waals surface area contributed by atoms with Crippen LogP contribution in [0.2, 0.25) is 0 Å². The van der Waals surface area contributed by atoms with Crippen LogP contribution in [0, 0.1) is 0 Å². The molecule has 1 aliphatic heterocycles. The van der Waals surface area contributed by atoms with E-state index in [1.807, 2.05) is 44.2 Å². The number of hydrogen-bond donors (Lipinski definition) is 2. The van der Waals surface area contributed by atoms with Crippen molar-refractivity contribution in [2.75, 3.05) is 6.54 Å². The fraction of sp³-hybridized carbons (Fsp3) is 0.250. The molecule has 26 heavy (non-hydrogen) atoms. The molecular formula is C20H20N2O4. The molecule has 6 nitrogen and oxygen atoms in total. The quantitative estimate of drug-likeness (QED) is 0.810. The van der Waals surface area contributed by atoms with E-state index in [1.165, 1.54) is 0 Å². The molecule has 3 rings (SSSR count). The highest BCUT2D eigenvalue weighted by Gasteiger charge is 2.41.